The number of nitrogens with two attached hydrogens (primary N) is 1. The van der Waals surface area contributed by atoms with Gasteiger partial charge in [0.1, 0.15) is 5.82 Å². The van der Waals surface area contributed by atoms with Crippen molar-refractivity contribution in [2.24, 2.45) is 5.73 Å². The number of amides is 2. The van der Waals surface area contributed by atoms with Gasteiger partial charge < -0.3 is 15.6 Å². The molecule has 0 radical (unpaired) electrons. The van der Waals surface area contributed by atoms with Crippen molar-refractivity contribution in [2.75, 3.05) is 11.1 Å². The third kappa shape index (κ3) is 5.57. The van der Waals surface area contributed by atoms with Gasteiger partial charge in [-0.25, -0.2) is 4.98 Å². The molecule has 2 aromatic heterocycles. The number of benzene rings is 1. The van der Waals surface area contributed by atoms with Gasteiger partial charge in [-0.15, -0.1) is 21.5 Å². The molecule has 0 spiro atoms. The van der Waals surface area contributed by atoms with E-state index in [-0.39, 0.29) is 24.0 Å². The molecule has 1 fully saturated rings. The number of primary amides is 1. The molecule has 31 heavy (non-hydrogen) atoms. The summed E-state index contributed by atoms with van der Waals surface area (Å²) in [6, 6.07) is 5.26. The van der Waals surface area contributed by atoms with E-state index < -0.39 is 0 Å². The average Bonchev–Trinajstić information content (AvgIpc) is 3.33. The van der Waals surface area contributed by atoms with Crippen LogP contribution in [0.1, 0.15) is 31.0 Å². The van der Waals surface area contributed by atoms with Gasteiger partial charge in [0.2, 0.25) is 11.8 Å². The maximum absolute atomic E-state index is 12.4. The number of carbonyl (C=O) groups excluding carboxylic acids is 2. The lowest BCUT2D eigenvalue weighted by molar-refractivity contribution is -0.118. The summed E-state index contributed by atoms with van der Waals surface area (Å²) in [6.07, 6.45) is 2.32. The first-order valence-corrected chi connectivity index (χ1v) is 12.1. The predicted octanol–water partition coefficient (Wildman–Crippen LogP) is 4.19. The standard InChI is InChI=1S/C19H18Cl2N6O2S2/c20-12-4-3-11(7-13(12)21)14-8-30-18(23-14)24-16(29)9-31-19-26-25-17(10-1-2-10)27(19)6-5-15(22)28/h3-4,7-8,10H,1-2,5-6,9H2,(H2,22,28)(H,23,24,29). The highest BCUT2D eigenvalue weighted by atomic mass is 35.5. The minimum absolute atomic E-state index is 0.140. The van der Waals surface area contributed by atoms with Crippen LogP contribution >= 0.6 is 46.3 Å². The average molecular weight is 497 g/mol. The Morgan fingerprint density at radius 2 is 2.06 bits per heavy atom. The largest absolute Gasteiger partial charge is 0.370 e. The number of nitrogens with zero attached hydrogens (tertiary/aromatic N) is 4. The number of hydrogen-bond donors (Lipinski definition) is 2. The van der Waals surface area contributed by atoms with Gasteiger partial charge in [-0.05, 0) is 25.0 Å². The summed E-state index contributed by atoms with van der Waals surface area (Å²) >= 11 is 14.6. The molecule has 0 saturated heterocycles. The van der Waals surface area contributed by atoms with Crippen LogP contribution in [0.4, 0.5) is 5.13 Å². The molecule has 0 atom stereocenters. The lowest BCUT2D eigenvalue weighted by atomic mass is 10.2. The van der Waals surface area contributed by atoms with Gasteiger partial charge in [0, 0.05) is 29.8 Å². The van der Waals surface area contributed by atoms with Crippen LogP contribution in [0.3, 0.4) is 0 Å². The van der Waals surface area contributed by atoms with Crippen molar-refractivity contribution in [1.82, 2.24) is 19.7 Å². The van der Waals surface area contributed by atoms with Gasteiger partial charge >= 0.3 is 0 Å². The first kappa shape index (κ1) is 22.1. The van der Waals surface area contributed by atoms with E-state index in [9.17, 15) is 9.59 Å². The Balaban J connectivity index is 1.37. The number of hydrogen-bond acceptors (Lipinski definition) is 7. The van der Waals surface area contributed by atoms with Crippen molar-refractivity contribution in [3.05, 3.63) is 39.4 Å². The minimum Gasteiger partial charge on any atom is -0.370 e. The van der Waals surface area contributed by atoms with E-state index >= 15 is 0 Å². The maximum Gasteiger partial charge on any atom is 0.236 e. The van der Waals surface area contributed by atoms with E-state index in [1.807, 2.05) is 16.0 Å². The molecule has 1 aromatic carbocycles. The highest BCUT2D eigenvalue weighted by Crippen LogP contribution is 2.40. The predicted molar refractivity (Wildman–Crippen MR) is 123 cm³/mol. The fourth-order valence-electron chi connectivity index (χ4n) is 2.89. The van der Waals surface area contributed by atoms with Crippen LogP contribution in [0.2, 0.25) is 10.0 Å². The van der Waals surface area contributed by atoms with Gasteiger partial charge in [0.15, 0.2) is 10.3 Å². The van der Waals surface area contributed by atoms with Crippen LogP contribution in [-0.2, 0) is 16.1 Å². The normalized spacial score (nSPS) is 13.4. The number of aromatic nitrogens is 4. The van der Waals surface area contributed by atoms with Crippen molar-refractivity contribution < 1.29 is 9.59 Å². The molecule has 2 amide bonds. The molecule has 4 rings (SSSR count). The Morgan fingerprint density at radius 1 is 1.26 bits per heavy atom. The molecule has 8 nitrogen and oxygen atoms in total. The number of anilines is 1. The second kappa shape index (κ2) is 9.56. The third-order valence-corrected chi connectivity index (χ3v) is 7.03. The zero-order valence-electron chi connectivity index (χ0n) is 16.2. The summed E-state index contributed by atoms with van der Waals surface area (Å²) in [6.45, 7) is 0.414. The van der Waals surface area contributed by atoms with Gasteiger partial charge in [-0.1, -0.05) is 41.0 Å². The lowest BCUT2D eigenvalue weighted by Crippen LogP contribution is -2.17. The summed E-state index contributed by atoms with van der Waals surface area (Å²) in [5.74, 6) is 0.776. The Labute approximate surface area is 196 Å². The first-order chi connectivity index (χ1) is 14.9. The van der Waals surface area contributed by atoms with Crippen molar-refractivity contribution in [3.8, 4) is 11.3 Å². The van der Waals surface area contributed by atoms with Crippen molar-refractivity contribution in [2.45, 2.75) is 36.9 Å². The molecule has 3 N–H and O–H groups in total. The molecule has 162 valence electrons. The SMILES string of the molecule is NC(=O)CCn1c(SCC(=O)Nc2nc(-c3ccc(Cl)c(Cl)c3)cs2)nnc1C1CC1. The van der Waals surface area contributed by atoms with Crippen molar-refractivity contribution in [1.29, 1.82) is 0 Å². The Bertz CT molecular complexity index is 1130. The number of nitrogens with one attached hydrogen (secondary N) is 1. The summed E-state index contributed by atoms with van der Waals surface area (Å²) in [4.78, 5) is 28.1. The van der Waals surface area contributed by atoms with Gasteiger partial charge in [-0.2, -0.15) is 0 Å². The summed E-state index contributed by atoms with van der Waals surface area (Å²) in [5, 5.41) is 15.1. The smallest absolute Gasteiger partial charge is 0.236 e. The molecule has 1 aliphatic rings. The topological polar surface area (TPSA) is 116 Å². The molecule has 0 aliphatic heterocycles. The van der Waals surface area contributed by atoms with Crippen LogP contribution in [0.15, 0.2) is 28.7 Å². The number of thiazole rings is 1. The molecule has 0 unspecified atom stereocenters. The number of halogens is 2. The summed E-state index contributed by atoms with van der Waals surface area (Å²) in [5.41, 5.74) is 6.80. The minimum atomic E-state index is -0.384. The van der Waals surface area contributed by atoms with Gasteiger partial charge in [0.25, 0.3) is 0 Å². The molecular formula is C19H18Cl2N6O2S2. The van der Waals surface area contributed by atoms with E-state index in [1.165, 1.54) is 23.1 Å². The fourth-order valence-corrected chi connectivity index (χ4v) is 4.69. The monoisotopic (exact) mass is 496 g/mol. The highest BCUT2D eigenvalue weighted by Gasteiger charge is 2.30. The zero-order valence-corrected chi connectivity index (χ0v) is 19.3. The van der Waals surface area contributed by atoms with Crippen LogP contribution < -0.4 is 11.1 Å². The van der Waals surface area contributed by atoms with E-state index in [0.29, 0.717) is 38.5 Å². The Hall–Kier alpha value is -2.14. The molecule has 0 bridgehead atoms. The maximum atomic E-state index is 12.4. The molecule has 1 aliphatic carbocycles. The highest BCUT2D eigenvalue weighted by molar-refractivity contribution is 7.99. The number of rotatable bonds is 9. The summed E-state index contributed by atoms with van der Waals surface area (Å²) in [7, 11) is 0. The van der Waals surface area contributed by atoms with E-state index in [4.69, 9.17) is 28.9 Å². The quantitative estimate of drug-likeness (QED) is 0.429. The van der Waals surface area contributed by atoms with E-state index in [1.54, 1.807) is 12.1 Å². The third-order valence-electron chi connectivity index (χ3n) is 4.57. The zero-order chi connectivity index (χ0) is 22.0. The summed E-state index contributed by atoms with van der Waals surface area (Å²) < 4.78 is 1.89. The fraction of sp³-hybridized carbons (Fsp3) is 0.316. The van der Waals surface area contributed by atoms with Crippen LogP contribution in [0, 0.1) is 0 Å². The molecular weight excluding hydrogens is 479 g/mol. The lowest BCUT2D eigenvalue weighted by Gasteiger charge is -2.08. The van der Waals surface area contributed by atoms with Gasteiger partial charge in [-0.3, -0.25) is 9.59 Å². The first-order valence-electron chi connectivity index (χ1n) is 9.45. The molecule has 3 aromatic rings. The van der Waals surface area contributed by atoms with Crippen LogP contribution in [0.25, 0.3) is 11.3 Å². The van der Waals surface area contributed by atoms with Crippen LogP contribution in [0.5, 0.6) is 0 Å². The Morgan fingerprint density at radius 3 is 2.77 bits per heavy atom. The number of thioether (sulfide) groups is 1. The number of carbonyl (C=O) groups is 2. The van der Waals surface area contributed by atoms with Crippen molar-refractivity contribution in [3.63, 3.8) is 0 Å². The molecule has 12 heteroatoms. The second-order valence-corrected chi connectivity index (χ2v) is 9.60. The Kier molecular flexibility index (Phi) is 6.80. The molecule has 1 saturated carbocycles. The van der Waals surface area contributed by atoms with Crippen molar-refractivity contribution >= 4 is 63.2 Å². The molecule has 2 heterocycles. The second-order valence-electron chi connectivity index (χ2n) is 6.99. The van der Waals surface area contributed by atoms with E-state index in [2.05, 4.69) is 20.5 Å². The van der Waals surface area contributed by atoms with Gasteiger partial charge in [0.05, 0.1) is 21.5 Å². The van der Waals surface area contributed by atoms with Crippen LogP contribution in [-0.4, -0.2) is 37.3 Å². The van der Waals surface area contributed by atoms with E-state index in [0.717, 1.165) is 24.2 Å².